The average Bonchev–Trinajstić information content (AvgIpc) is 3.13. The van der Waals surface area contributed by atoms with Gasteiger partial charge in [-0.1, -0.05) is 23.0 Å². The second kappa shape index (κ2) is 6.57. The second-order valence-corrected chi connectivity index (χ2v) is 5.60. The number of allylic oxidation sites excluding steroid dienone is 1. The fraction of sp³-hybridized carbons (Fsp3) is 0.200. The van der Waals surface area contributed by atoms with E-state index in [1.165, 1.54) is 0 Å². The van der Waals surface area contributed by atoms with E-state index < -0.39 is 0 Å². The van der Waals surface area contributed by atoms with Crippen molar-refractivity contribution in [3.05, 3.63) is 54.7 Å². The Morgan fingerprint density at radius 2 is 2.14 bits per heavy atom. The van der Waals surface area contributed by atoms with Crippen molar-refractivity contribution >= 4 is 11.8 Å². The van der Waals surface area contributed by atoms with Gasteiger partial charge >= 0.3 is 0 Å². The van der Waals surface area contributed by atoms with Gasteiger partial charge in [0.1, 0.15) is 5.76 Å². The van der Waals surface area contributed by atoms with Crippen LogP contribution in [0.5, 0.6) is 0 Å². The highest BCUT2D eigenvalue weighted by molar-refractivity contribution is 7.98. The maximum atomic E-state index is 5.08. The van der Waals surface area contributed by atoms with Gasteiger partial charge in [-0.2, -0.15) is 0 Å². The minimum absolute atomic E-state index is 0.644. The summed E-state index contributed by atoms with van der Waals surface area (Å²) in [5.41, 5.74) is 1.87. The topological polar surface area (TPSA) is 69.6 Å². The molecule has 0 saturated heterocycles. The molecule has 7 heteroatoms. The Hall–Kier alpha value is -2.41. The summed E-state index contributed by atoms with van der Waals surface area (Å²) in [6.07, 6.45) is 5.32. The molecule has 0 unspecified atom stereocenters. The molecule has 0 spiro atoms. The molecule has 0 radical (unpaired) electrons. The van der Waals surface area contributed by atoms with E-state index in [0.29, 0.717) is 12.3 Å². The number of rotatable bonds is 6. The minimum atomic E-state index is 0.644. The lowest BCUT2D eigenvalue weighted by molar-refractivity contribution is 0.393. The molecule has 0 atom stereocenters. The Balaban J connectivity index is 1.85. The molecule has 0 aliphatic heterocycles. The summed E-state index contributed by atoms with van der Waals surface area (Å²) in [6.45, 7) is 6.33. The first-order valence-electron chi connectivity index (χ1n) is 6.77. The highest BCUT2D eigenvalue weighted by Gasteiger charge is 2.14. The van der Waals surface area contributed by atoms with E-state index in [0.717, 1.165) is 28.0 Å². The zero-order chi connectivity index (χ0) is 15.4. The van der Waals surface area contributed by atoms with Gasteiger partial charge in [-0.3, -0.25) is 9.55 Å². The van der Waals surface area contributed by atoms with Crippen LogP contribution >= 0.6 is 11.8 Å². The van der Waals surface area contributed by atoms with Crippen molar-refractivity contribution in [1.29, 1.82) is 0 Å². The number of thioether (sulfide) groups is 1. The SMILES string of the molecule is C=CCn1c(SCc2cc(C)on2)nnc1-c1ccncc1. The Kier molecular flexibility index (Phi) is 4.34. The molecule has 0 amide bonds. The smallest absolute Gasteiger partial charge is 0.192 e. The van der Waals surface area contributed by atoms with Crippen LogP contribution in [-0.4, -0.2) is 24.9 Å². The van der Waals surface area contributed by atoms with E-state index in [2.05, 4.69) is 26.9 Å². The summed E-state index contributed by atoms with van der Waals surface area (Å²) in [5.74, 6) is 2.30. The van der Waals surface area contributed by atoms with Crippen LogP contribution in [0.1, 0.15) is 11.5 Å². The first kappa shape index (κ1) is 14.5. The first-order chi connectivity index (χ1) is 10.8. The number of aryl methyl sites for hydroxylation is 1. The summed E-state index contributed by atoms with van der Waals surface area (Å²) >= 11 is 1.57. The van der Waals surface area contributed by atoms with Crippen molar-refractivity contribution in [2.75, 3.05) is 0 Å². The Morgan fingerprint density at radius 1 is 1.32 bits per heavy atom. The normalized spacial score (nSPS) is 10.8. The molecule has 0 aliphatic carbocycles. The molecule has 0 aliphatic rings. The van der Waals surface area contributed by atoms with E-state index in [-0.39, 0.29) is 0 Å². The zero-order valence-corrected chi connectivity index (χ0v) is 13.0. The number of nitrogens with zero attached hydrogens (tertiary/aromatic N) is 5. The number of hydrogen-bond donors (Lipinski definition) is 0. The average molecular weight is 313 g/mol. The van der Waals surface area contributed by atoms with Gasteiger partial charge < -0.3 is 4.52 Å². The van der Waals surface area contributed by atoms with Crippen LogP contribution in [0.4, 0.5) is 0 Å². The van der Waals surface area contributed by atoms with Gasteiger partial charge in [-0.05, 0) is 19.1 Å². The van der Waals surface area contributed by atoms with Gasteiger partial charge in [0.25, 0.3) is 0 Å². The van der Waals surface area contributed by atoms with Crippen LogP contribution in [0.25, 0.3) is 11.4 Å². The predicted molar refractivity (Wildman–Crippen MR) is 84.3 cm³/mol. The Bertz CT molecular complexity index is 765. The summed E-state index contributed by atoms with van der Waals surface area (Å²) in [6, 6.07) is 5.75. The van der Waals surface area contributed by atoms with Gasteiger partial charge in [0, 0.05) is 36.3 Å². The number of pyridine rings is 1. The van der Waals surface area contributed by atoms with Crippen LogP contribution in [0, 0.1) is 6.92 Å². The van der Waals surface area contributed by atoms with Crippen molar-refractivity contribution in [3.63, 3.8) is 0 Å². The maximum Gasteiger partial charge on any atom is 0.192 e. The third-order valence-electron chi connectivity index (χ3n) is 2.99. The van der Waals surface area contributed by atoms with Crippen LogP contribution < -0.4 is 0 Å². The van der Waals surface area contributed by atoms with E-state index in [9.17, 15) is 0 Å². The fourth-order valence-corrected chi connectivity index (χ4v) is 2.86. The van der Waals surface area contributed by atoms with Crippen molar-refractivity contribution in [2.24, 2.45) is 0 Å². The zero-order valence-electron chi connectivity index (χ0n) is 12.1. The van der Waals surface area contributed by atoms with E-state index in [1.807, 2.05) is 35.8 Å². The third-order valence-corrected chi connectivity index (χ3v) is 3.99. The van der Waals surface area contributed by atoms with E-state index in [1.54, 1.807) is 24.2 Å². The fourth-order valence-electron chi connectivity index (χ4n) is 2.03. The largest absolute Gasteiger partial charge is 0.361 e. The molecule has 3 rings (SSSR count). The summed E-state index contributed by atoms with van der Waals surface area (Å²) in [7, 11) is 0. The third kappa shape index (κ3) is 3.09. The van der Waals surface area contributed by atoms with Crippen LogP contribution in [0.3, 0.4) is 0 Å². The van der Waals surface area contributed by atoms with E-state index >= 15 is 0 Å². The summed E-state index contributed by atoms with van der Waals surface area (Å²) < 4.78 is 7.10. The quantitative estimate of drug-likeness (QED) is 0.514. The van der Waals surface area contributed by atoms with Crippen molar-refractivity contribution in [3.8, 4) is 11.4 Å². The molecule has 0 N–H and O–H groups in total. The lowest BCUT2D eigenvalue weighted by Crippen LogP contribution is -2.00. The highest BCUT2D eigenvalue weighted by Crippen LogP contribution is 2.26. The van der Waals surface area contributed by atoms with E-state index in [4.69, 9.17) is 4.52 Å². The molecule has 0 bridgehead atoms. The van der Waals surface area contributed by atoms with Crippen molar-refractivity contribution in [1.82, 2.24) is 24.9 Å². The predicted octanol–water partition coefficient (Wildman–Crippen LogP) is 3.11. The first-order valence-corrected chi connectivity index (χ1v) is 7.76. The van der Waals surface area contributed by atoms with Crippen LogP contribution in [0.2, 0.25) is 0 Å². The lowest BCUT2D eigenvalue weighted by atomic mass is 10.2. The molecule has 22 heavy (non-hydrogen) atoms. The lowest BCUT2D eigenvalue weighted by Gasteiger charge is -2.06. The standard InChI is InChI=1S/C15H15N5OS/c1-3-8-20-14(12-4-6-16-7-5-12)17-18-15(20)22-10-13-9-11(2)21-19-13/h3-7,9H,1,8,10H2,2H3. The molecular formula is C15H15N5OS. The van der Waals surface area contributed by atoms with Gasteiger partial charge in [0.2, 0.25) is 0 Å². The van der Waals surface area contributed by atoms with Gasteiger partial charge in [-0.25, -0.2) is 0 Å². The van der Waals surface area contributed by atoms with Gasteiger partial charge in [-0.15, -0.1) is 16.8 Å². The molecule has 0 aromatic carbocycles. The summed E-state index contributed by atoms with van der Waals surface area (Å²) in [5, 5.41) is 13.4. The molecule has 3 aromatic rings. The van der Waals surface area contributed by atoms with Crippen LogP contribution in [0.15, 0.2) is 52.9 Å². The number of aromatic nitrogens is 5. The molecule has 0 fully saturated rings. The molecule has 0 saturated carbocycles. The summed E-state index contributed by atoms with van der Waals surface area (Å²) in [4.78, 5) is 4.03. The van der Waals surface area contributed by atoms with Gasteiger partial charge in [0.15, 0.2) is 11.0 Å². The van der Waals surface area contributed by atoms with Crippen LogP contribution in [-0.2, 0) is 12.3 Å². The monoisotopic (exact) mass is 313 g/mol. The highest BCUT2D eigenvalue weighted by atomic mass is 32.2. The molecule has 3 heterocycles. The Labute approximate surface area is 132 Å². The van der Waals surface area contributed by atoms with Gasteiger partial charge in [0.05, 0.1) is 5.69 Å². The molecular weight excluding hydrogens is 298 g/mol. The van der Waals surface area contributed by atoms with Crippen molar-refractivity contribution < 1.29 is 4.52 Å². The molecule has 112 valence electrons. The molecule has 6 nitrogen and oxygen atoms in total. The van der Waals surface area contributed by atoms with Crippen molar-refractivity contribution in [2.45, 2.75) is 24.4 Å². The Morgan fingerprint density at radius 3 is 2.82 bits per heavy atom. The minimum Gasteiger partial charge on any atom is -0.361 e. The second-order valence-electron chi connectivity index (χ2n) is 4.66. The molecule has 3 aromatic heterocycles. The number of hydrogen-bond acceptors (Lipinski definition) is 6. The maximum absolute atomic E-state index is 5.08.